The van der Waals surface area contributed by atoms with E-state index < -0.39 is 15.9 Å². The lowest BCUT2D eigenvalue weighted by atomic mass is 10.2. The van der Waals surface area contributed by atoms with Gasteiger partial charge in [0.05, 0.1) is 29.1 Å². The van der Waals surface area contributed by atoms with Crippen LogP contribution in [0.5, 0.6) is 0 Å². The van der Waals surface area contributed by atoms with Gasteiger partial charge < -0.3 is 14.6 Å². The lowest BCUT2D eigenvalue weighted by Crippen LogP contribution is -2.49. The third-order valence-electron chi connectivity index (χ3n) is 5.06. The third kappa shape index (κ3) is 4.46. The second-order valence-corrected chi connectivity index (χ2v) is 9.39. The lowest BCUT2D eigenvalue weighted by Gasteiger charge is -2.35. The molecule has 0 saturated carbocycles. The maximum absolute atomic E-state index is 13.3. The molecule has 0 atom stereocenters. The van der Waals surface area contributed by atoms with Crippen LogP contribution in [0.1, 0.15) is 16.1 Å². The van der Waals surface area contributed by atoms with Crippen molar-refractivity contribution in [2.45, 2.75) is 11.6 Å². The first-order valence-corrected chi connectivity index (χ1v) is 11.5. The van der Waals surface area contributed by atoms with Crippen molar-refractivity contribution in [3.05, 3.63) is 65.2 Å². The van der Waals surface area contributed by atoms with E-state index in [9.17, 15) is 13.2 Å². The van der Waals surface area contributed by atoms with Crippen LogP contribution in [0.4, 0.5) is 5.69 Å². The largest absolute Gasteiger partial charge is 0.467 e. The topological polar surface area (TPSA) is 101 Å². The summed E-state index contributed by atoms with van der Waals surface area (Å²) in [5.41, 5.74) is 0.875. The molecule has 1 saturated heterocycles. The highest BCUT2D eigenvalue weighted by atomic mass is 35.5. The van der Waals surface area contributed by atoms with Crippen molar-refractivity contribution in [3.63, 3.8) is 0 Å². The van der Waals surface area contributed by atoms with Gasteiger partial charge in [0.1, 0.15) is 5.76 Å². The van der Waals surface area contributed by atoms with Crippen LogP contribution in [0.15, 0.2) is 58.3 Å². The molecule has 2 aromatic heterocycles. The number of halogens is 1. The number of furan rings is 1. The SMILES string of the molecule is Cn1cc(C(=O)NCc2ccco2)c(S(=O)(=O)N2CCN(c3ccccc3Cl)CC2)n1. The third-order valence-corrected chi connectivity index (χ3v) is 7.21. The molecule has 1 fully saturated rings. The van der Waals surface area contributed by atoms with E-state index in [0.29, 0.717) is 23.9 Å². The number of sulfonamides is 1. The fraction of sp³-hybridized carbons (Fsp3) is 0.300. The van der Waals surface area contributed by atoms with E-state index in [4.69, 9.17) is 16.0 Å². The van der Waals surface area contributed by atoms with E-state index in [2.05, 4.69) is 10.4 Å². The van der Waals surface area contributed by atoms with Crippen molar-refractivity contribution < 1.29 is 17.6 Å². The smallest absolute Gasteiger partial charge is 0.263 e. The number of nitrogens with one attached hydrogen (secondary N) is 1. The Kier molecular flexibility index (Phi) is 6.03. The summed E-state index contributed by atoms with van der Waals surface area (Å²) < 4.78 is 34.4. The number of hydrogen-bond donors (Lipinski definition) is 1. The Morgan fingerprint density at radius 1 is 1.16 bits per heavy atom. The first-order valence-electron chi connectivity index (χ1n) is 9.70. The maximum atomic E-state index is 13.3. The molecule has 3 heterocycles. The van der Waals surface area contributed by atoms with Crippen LogP contribution in [0, 0.1) is 0 Å². The number of hydrogen-bond acceptors (Lipinski definition) is 6. The van der Waals surface area contributed by atoms with Gasteiger partial charge in [-0.25, -0.2) is 8.42 Å². The Morgan fingerprint density at radius 3 is 2.58 bits per heavy atom. The predicted molar refractivity (Wildman–Crippen MR) is 116 cm³/mol. The van der Waals surface area contributed by atoms with Gasteiger partial charge in [-0.3, -0.25) is 9.48 Å². The van der Waals surface area contributed by atoms with E-state index >= 15 is 0 Å². The summed E-state index contributed by atoms with van der Waals surface area (Å²) in [6.07, 6.45) is 2.91. The highest BCUT2D eigenvalue weighted by Crippen LogP contribution is 2.27. The van der Waals surface area contributed by atoms with Gasteiger partial charge >= 0.3 is 0 Å². The van der Waals surface area contributed by atoms with Gasteiger partial charge in [0, 0.05) is 39.4 Å². The van der Waals surface area contributed by atoms with Crippen LogP contribution in [-0.4, -0.2) is 54.6 Å². The summed E-state index contributed by atoms with van der Waals surface area (Å²) >= 11 is 6.27. The number of aryl methyl sites for hydroxylation is 1. The minimum Gasteiger partial charge on any atom is -0.467 e. The number of carbonyl (C=O) groups excluding carboxylic acids is 1. The lowest BCUT2D eigenvalue weighted by molar-refractivity contribution is 0.0944. The number of amides is 1. The first-order chi connectivity index (χ1) is 14.9. The van der Waals surface area contributed by atoms with Gasteiger partial charge in [0.2, 0.25) is 5.03 Å². The molecule has 1 aromatic carbocycles. The maximum Gasteiger partial charge on any atom is 0.263 e. The van der Waals surface area contributed by atoms with Gasteiger partial charge in [-0.05, 0) is 24.3 Å². The van der Waals surface area contributed by atoms with Gasteiger partial charge in [-0.15, -0.1) is 0 Å². The number of aromatic nitrogens is 2. The molecule has 4 rings (SSSR count). The highest BCUT2D eigenvalue weighted by molar-refractivity contribution is 7.89. The highest BCUT2D eigenvalue weighted by Gasteiger charge is 2.34. The molecular weight excluding hydrogens is 442 g/mol. The molecule has 31 heavy (non-hydrogen) atoms. The molecule has 1 aliphatic rings. The molecule has 9 nitrogen and oxygen atoms in total. The zero-order valence-corrected chi connectivity index (χ0v) is 18.4. The van der Waals surface area contributed by atoms with E-state index in [1.54, 1.807) is 19.2 Å². The minimum atomic E-state index is -3.95. The fourth-order valence-corrected chi connectivity index (χ4v) is 5.29. The number of benzene rings is 1. The van der Waals surface area contributed by atoms with Gasteiger partial charge in [-0.2, -0.15) is 9.40 Å². The Bertz CT molecular complexity index is 1170. The summed E-state index contributed by atoms with van der Waals surface area (Å²) in [5.74, 6) is 0.0371. The van der Waals surface area contributed by atoms with Crippen molar-refractivity contribution in [3.8, 4) is 0 Å². The van der Waals surface area contributed by atoms with Crippen molar-refractivity contribution in [2.75, 3.05) is 31.1 Å². The van der Waals surface area contributed by atoms with Crippen molar-refractivity contribution in [2.24, 2.45) is 7.05 Å². The average molecular weight is 464 g/mol. The molecule has 3 aromatic rings. The number of nitrogens with zero attached hydrogens (tertiary/aromatic N) is 4. The van der Waals surface area contributed by atoms with Crippen molar-refractivity contribution in [1.82, 2.24) is 19.4 Å². The van der Waals surface area contributed by atoms with Gasteiger partial charge in [0.25, 0.3) is 15.9 Å². The molecule has 1 aliphatic heterocycles. The van der Waals surface area contributed by atoms with Crippen LogP contribution in [0.3, 0.4) is 0 Å². The second kappa shape index (κ2) is 8.74. The van der Waals surface area contributed by atoms with Crippen LogP contribution in [0.25, 0.3) is 0 Å². The zero-order chi connectivity index (χ0) is 22.0. The summed E-state index contributed by atoms with van der Waals surface area (Å²) in [6.45, 7) is 1.64. The normalized spacial score (nSPS) is 15.2. The molecule has 164 valence electrons. The molecule has 0 unspecified atom stereocenters. The molecular formula is C20H22ClN5O4S. The Labute approximate surface area is 185 Å². The summed E-state index contributed by atoms with van der Waals surface area (Å²) in [4.78, 5) is 14.7. The first kappa shape index (κ1) is 21.4. The molecule has 0 aliphatic carbocycles. The van der Waals surface area contributed by atoms with Gasteiger partial charge in [0.15, 0.2) is 0 Å². The molecule has 0 bridgehead atoms. The zero-order valence-electron chi connectivity index (χ0n) is 16.9. The van der Waals surface area contributed by atoms with E-state index in [1.165, 1.54) is 21.4 Å². The molecule has 1 amide bonds. The van der Waals surface area contributed by atoms with Crippen LogP contribution in [0.2, 0.25) is 5.02 Å². The summed E-state index contributed by atoms with van der Waals surface area (Å²) in [5, 5.41) is 7.13. The number of anilines is 1. The van der Waals surface area contributed by atoms with Crippen LogP contribution >= 0.6 is 11.6 Å². The fourth-order valence-electron chi connectivity index (χ4n) is 3.49. The minimum absolute atomic E-state index is 0.00240. The molecule has 0 radical (unpaired) electrons. The molecule has 11 heteroatoms. The van der Waals surface area contributed by atoms with Crippen molar-refractivity contribution >= 4 is 33.2 Å². The summed E-state index contributed by atoms with van der Waals surface area (Å²) in [6, 6.07) is 10.9. The molecule has 1 N–H and O–H groups in total. The quantitative estimate of drug-likeness (QED) is 0.601. The molecule has 0 spiro atoms. The standard InChI is InChI=1S/C20H22ClN5O4S/c1-24-14-16(19(27)22-13-15-5-4-12-30-15)20(23-24)31(28,29)26-10-8-25(9-11-26)18-7-3-2-6-17(18)21/h2-7,12,14H,8-11,13H2,1H3,(H,22,27). The van der Waals surface area contributed by atoms with E-state index in [1.807, 2.05) is 29.2 Å². The number of rotatable bonds is 6. The predicted octanol–water partition coefficient (Wildman–Crippen LogP) is 2.11. The Balaban J connectivity index is 1.49. The Morgan fingerprint density at radius 2 is 1.90 bits per heavy atom. The number of piperazine rings is 1. The van der Waals surface area contributed by atoms with E-state index in [0.717, 1.165) is 5.69 Å². The van der Waals surface area contributed by atoms with Gasteiger partial charge in [-0.1, -0.05) is 23.7 Å². The Hall–Kier alpha value is -2.82. The van der Waals surface area contributed by atoms with Crippen LogP contribution in [-0.2, 0) is 23.6 Å². The summed E-state index contributed by atoms with van der Waals surface area (Å²) in [7, 11) is -2.37. The van der Waals surface area contributed by atoms with Crippen molar-refractivity contribution in [1.29, 1.82) is 0 Å². The number of carbonyl (C=O) groups is 1. The van der Waals surface area contributed by atoms with Crippen LogP contribution < -0.4 is 10.2 Å². The number of para-hydroxylation sites is 1. The monoisotopic (exact) mass is 463 g/mol. The average Bonchev–Trinajstić information content (AvgIpc) is 3.42. The second-order valence-electron chi connectivity index (χ2n) is 7.13. The van der Waals surface area contributed by atoms with E-state index in [-0.39, 0.29) is 30.2 Å².